The summed E-state index contributed by atoms with van der Waals surface area (Å²) in [5.41, 5.74) is 3.12. The molecule has 4 aromatic rings. The van der Waals surface area contributed by atoms with Crippen molar-refractivity contribution in [3.8, 4) is 17.2 Å². The van der Waals surface area contributed by atoms with Crippen molar-refractivity contribution in [2.75, 3.05) is 0 Å². The highest BCUT2D eigenvalue weighted by Crippen LogP contribution is 2.35. The van der Waals surface area contributed by atoms with Crippen LogP contribution in [0.1, 0.15) is 5.56 Å². The van der Waals surface area contributed by atoms with Crippen molar-refractivity contribution in [2.24, 2.45) is 4.99 Å². The first kappa shape index (κ1) is 19.5. The molecule has 3 aromatic carbocycles. The van der Waals surface area contributed by atoms with Gasteiger partial charge in [0.25, 0.3) is 0 Å². The van der Waals surface area contributed by atoms with E-state index in [1.54, 1.807) is 54.7 Å². The van der Waals surface area contributed by atoms with Gasteiger partial charge in [-0.05, 0) is 58.4 Å². The second kappa shape index (κ2) is 7.87. The number of nitrogens with zero attached hydrogens (tertiary/aromatic N) is 2. The van der Waals surface area contributed by atoms with Crippen molar-refractivity contribution < 1.29 is 9.52 Å². The van der Waals surface area contributed by atoms with Gasteiger partial charge in [-0.25, -0.2) is 4.98 Å². The smallest absolute Gasteiger partial charge is 0.228 e. The molecule has 0 aliphatic carbocycles. The maximum absolute atomic E-state index is 10.1. The van der Waals surface area contributed by atoms with Crippen LogP contribution in [-0.4, -0.2) is 16.3 Å². The van der Waals surface area contributed by atoms with E-state index in [1.807, 2.05) is 0 Å². The Morgan fingerprint density at radius 3 is 2.71 bits per heavy atom. The largest absolute Gasteiger partial charge is 0.506 e. The Kier molecular flexibility index (Phi) is 5.47. The highest BCUT2D eigenvalue weighted by molar-refractivity contribution is 9.11. The van der Waals surface area contributed by atoms with Gasteiger partial charge in [-0.2, -0.15) is 0 Å². The maximum atomic E-state index is 10.1. The third kappa shape index (κ3) is 3.82. The van der Waals surface area contributed by atoms with E-state index in [0.29, 0.717) is 48.3 Å². The molecule has 0 fully saturated rings. The van der Waals surface area contributed by atoms with E-state index in [-0.39, 0.29) is 5.75 Å². The van der Waals surface area contributed by atoms with Crippen molar-refractivity contribution in [1.29, 1.82) is 0 Å². The Bertz CT molecular complexity index is 1240. The van der Waals surface area contributed by atoms with Crippen molar-refractivity contribution in [2.45, 2.75) is 0 Å². The number of hydrogen-bond donors (Lipinski definition) is 1. The zero-order chi connectivity index (χ0) is 19.8. The van der Waals surface area contributed by atoms with Crippen LogP contribution in [0, 0.1) is 0 Å². The lowest BCUT2D eigenvalue weighted by Gasteiger charge is -2.02. The Labute approximate surface area is 187 Å². The van der Waals surface area contributed by atoms with Crippen LogP contribution in [0.25, 0.3) is 22.6 Å². The summed E-state index contributed by atoms with van der Waals surface area (Å²) in [6.07, 6.45) is 1.58. The number of hydrogen-bond acceptors (Lipinski definition) is 4. The lowest BCUT2D eigenvalue weighted by Crippen LogP contribution is -1.84. The molecule has 0 atom stereocenters. The third-order valence-corrected chi connectivity index (χ3v) is 5.84. The van der Waals surface area contributed by atoms with Crippen molar-refractivity contribution in [3.63, 3.8) is 0 Å². The molecule has 0 radical (unpaired) electrons. The monoisotopic (exact) mass is 538 g/mol. The molecule has 0 saturated heterocycles. The van der Waals surface area contributed by atoms with Gasteiger partial charge in [0, 0.05) is 16.3 Å². The van der Waals surface area contributed by atoms with E-state index in [4.69, 9.17) is 27.6 Å². The average Bonchev–Trinajstić information content (AvgIpc) is 3.08. The Balaban J connectivity index is 1.70. The lowest BCUT2D eigenvalue weighted by atomic mass is 10.2. The van der Waals surface area contributed by atoms with Crippen molar-refractivity contribution >= 4 is 78.1 Å². The number of halogens is 4. The summed E-state index contributed by atoms with van der Waals surface area (Å²) in [4.78, 5) is 8.93. The van der Waals surface area contributed by atoms with Gasteiger partial charge < -0.3 is 9.52 Å². The van der Waals surface area contributed by atoms with Gasteiger partial charge in [0.05, 0.1) is 25.8 Å². The summed E-state index contributed by atoms with van der Waals surface area (Å²) >= 11 is 19.0. The molecule has 8 heteroatoms. The molecule has 1 heterocycles. The molecule has 1 aromatic heterocycles. The topological polar surface area (TPSA) is 58.6 Å². The number of aromatic hydroxyl groups is 1. The first-order valence-corrected chi connectivity index (χ1v) is 10.3. The van der Waals surface area contributed by atoms with Gasteiger partial charge in [-0.1, -0.05) is 45.2 Å². The van der Waals surface area contributed by atoms with Gasteiger partial charge in [0.15, 0.2) is 5.58 Å². The molecule has 1 N–H and O–H groups in total. The van der Waals surface area contributed by atoms with Crippen LogP contribution in [0.15, 0.2) is 66.9 Å². The van der Waals surface area contributed by atoms with Gasteiger partial charge >= 0.3 is 0 Å². The number of aliphatic imine (C=N–C) groups is 1. The zero-order valence-corrected chi connectivity index (χ0v) is 18.6. The van der Waals surface area contributed by atoms with E-state index in [2.05, 4.69) is 41.8 Å². The molecule has 4 nitrogen and oxygen atoms in total. The SMILES string of the molecule is Oc1c(Br)cc(Br)cc1C=Nc1ccc2oc(-c3cccc(Cl)c3Cl)nc2c1. The molecule has 0 aliphatic heterocycles. The maximum Gasteiger partial charge on any atom is 0.228 e. The second-order valence-corrected chi connectivity index (χ2v) is 8.41. The highest BCUT2D eigenvalue weighted by atomic mass is 79.9. The van der Waals surface area contributed by atoms with Crippen LogP contribution in [-0.2, 0) is 0 Å². The molecule has 140 valence electrons. The normalized spacial score (nSPS) is 11.6. The summed E-state index contributed by atoms with van der Waals surface area (Å²) in [5.74, 6) is 0.504. The van der Waals surface area contributed by atoms with Gasteiger partial charge in [-0.3, -0.25) is 4.99 Å². The minimum absolute atomic E-state index is 0.118. The van der Waals surface area contributed by atoms with E-state index in [0.717, 1.165) is 4.47 Å². The molecule has 4 rings (SSSR count). The van der Waals surface area contributed by atoms with E-state index >= 15 is 0 Å². The van der Waals surface area contributed by atoms with Gasteiger partial charge in [0.1, 0.15) is 11.3 Å². The van der Waals surface area contributed by atoms with Crippen LogP contribution < -0.4 is 0 Å². The minimum Gasteiger partial charge on any atom is -0.506 e. The average molecular weight is 541 g/mol. The zero-order valence-electron chi connectivity index (χ0n) is 14.0. The number of benzene rings is 3. The van der Waals surface area contributed by atoms with Crippen molar-refractivity contribution in [1.82, 2.24) is 4.98 Å². The number of oxazole rings is 1. The van der Waals surface area contributed by atoms with E-state index in [9.17, 15) is 5.11 Å². The predicted molar refractivity (Wildman–Crippen MR) is 120 cm³/mol. The number of aromatic nitrogens is 1. The minimum atomic E-state index is 0.118. The molecular formula is C20H10Br2Cl2N2O2. The first-order valence-electron chi connectivity index (χ1n) is 7.99. The summed E-state index contributed by atoms with van der Waals surface area (Å²) < 4.78 is 7.21. The summed E-state index contributed by atoms with van der Waals surface area (Å²) in [6.45, 7) is 0. The summed E-state index contributed by atoms with van der Waals surface area (Å²) in [7, 11) is 0. The molecule has 0 saturated carbocycles. The Morgan fingerprint density at radius 2 is 1.89 bits per heavy atom. The molecule has 0 unspecified atom stereocenters. The molecular weight excluding hydrogens is 531 g/mol. The van der Waals surface area contributed by atoms with Gasteiger partial charge in [-0.15, -0.1) is 0 Å². The van der Waals surface area contributed by atoms with Crippen molar-refractivity contribution in [3.05, 3.63) is 73.1 Å². The van der Waals surface area contributed by atoms with Crippen LogP contribution in [0.4, 0.5) is 5.69 Å². The fraction of sp³-hybridized carbons (Fsp3) is 0. The predicted octanol–water partition coefficient (Wildman–Crippen LogP) is 7.78. The number of fused-ring (bicyclic) bond motifs is 1. The van der Waals surface area contributed by atoms with Crippen LogP contribution in [0.2, 0.25) is 10.0 Å². The molecule has 28 heavy (non-hydrogen) atoms. The number of phenols is 1. The van der Waals surface area contributed by atoms with E-state index < -0.39 is 0 Å². The third-order valence-electron chi connectivity index (χ3n) is 3.96. The Hall–Kier alpha value is -1.86. The quantitative estimate of drug-likeness (QED) is 0.270. The van der Waals surface area contributed by atoms with Crippen LogP contribution >= 0.6 is 55.1 Å². The number of rotatable bonds is 3. The molecule has 0 amide bonds. The van der Waals surface area contributed by atoms with Gasteiger partial charge in [0.2, 0.25) is 5.89 Å². The lowest BCUT2D eigenvalue weighted by molar-refractivity contribution is 0.471. The van der Waals surface area contributed by atoms with Crippen LogP contribution in [0.3, 0.4) is 0 Å². The van der Waals surface area contributed by atoms with Crippen LogP contribution in [0.5, 0.6) is 5.75 Å². The second-order valence-electron chi connectivity index (χ2n) is 5.86. The summed E-state index contributed by atoms with van der Waals surface area (Å²) in [6, 6.07) is 14.2. The first-order chi connectivity index (χ1) is 13.4. The highest BCUT2D eigenvalue weighted by Gasteiger charge is 2.14. The number of phenolic OH excluding ortho intramolecular Hbond substituents is 1. The Morgan fingerprint density at radius 1 is 1.07 bits per heavy atom. The van der Waals surface area contributed by atoms with E-state index in [1.165, 1.54) is 0 Å². The fourth-order valence-electron chi connectivity index (χ4n) is 2.61. The summed E-state index contributed by atoms with van der Waals surface area (Å²) in [5, 5.41) is 11.0. The standard InChI is InChI=1S/C20H10Br2Cl2N2O2/c21-11-6-10(19(27)14(22)7-11)9-25-12-4-5-17-16(8-12)26-20(28-17)13-2-1-3-15(23)18(13)24/h1-9,27H. The fourth-order valence-corrected chi connectivity index (χ4v) is 4.25. The molecule has 0 bridgehead atoms. The molecule has 0 spiro atoms. The molecule has 0 aliphatic rings.